The predicted molar refractivity (Wildman–Crippen MR) is 48.6 cm³/mol. The van der Waals surface area contributed by atoms with Crippen LogP contribution in [0.25, 0.3) is 0 Å². The van der Waals surface area contributed by atoms with Crippen molar-refractivity contribution in [1.29, 1.82) is 0 Å². The lowest BCUT2D eigenvalue weighted by atomic mass is 10.3. The van der Waals surface area contributed by atoms with Gasteiger partial charge in [-0.15, -0.1) is 0 Å². The average Bonchev–Trinajstić information content (AvgIpc) is 2.23. The van der Waals surface area contributed by atoms with Gasteiger partial charge in [0.15, 0.2) is 17.5 Å². The summed E-state index contributed by atoms with van der Waals surface area (Å²) in [7, 11) is -5.84. The largest absolute Gasteiger partial charge is 0.522 e. The maximum atomic E-state index is 12.4. The lowest BCUT2D eigenvalue weighted by Crippen LogP contribution is -2.21. The van der Waals surface area contributed by atoms with Crippen LogP contribution in [0.15, 0.2) is 12.1 Å². The van der Waals surface area contributed by atoms with Gasteiger partial charge in [-0.3, -0.25) is 4.55 Å². The molecule has 0 aromatic heterocycles. The molecule has 0 aliphatic rings. The van der Waals surface area contributed by atoms with E-state index in [1.807, 2.05) is 0 Å². The molecule has 1 aromatic rings. The first-order valence-corrected chi connectivity index (χ1v) is 5.52. The second-order valence-electron chi connectivity index (χ2n) is 2.85. The number of alkyl halides is 3. The zero-order valence-electron chi connectivity index (χ0n) is 8.80. The van der Waals surface area contributed by atoms with E-state index in [1.165, 1.54) is 0 Å². The van der Waals surface area contributed by atoms with E-state index in [4.69, 9.17) is 13.0 Å². The molecule has 0 saturated carbocycles. The van der Waals surface area contributed by atoms with Crippen LogP contribution in [0.3, 0.4) is 0 Å². The Hall–Kier alpha value is -1.63. The number of hydrogen-bond acceptors (Lipinski definition) is 3. The maximum absolute atomic E-state index is 12.4. The van der Waals surface area contributed by atoms with Crippen LogP contribution in [-0.4, -0.2) is 18.5 Å². The summed E-state index contributed by atoms with van der Waals surface area (Å²) in [5, 5.41) is -1.63. The van der Waals surface area contributed by atoms with Gasteiger partial charge >= 0.3 is 15.6 Å². The summed E-state index contributed by atoms with van der Waals surface area (Å²) in [4.78, 5) is 0. The normalized spacial score (nSPS) is 11.7. The molecule has 0 atom stereocenters. The van der Waals surface area contributed by atoms with Crippen molar-refractivity contribution in [3.8, 4) is 0 Å². The third-order valence-electron chi connectivity index (χ3n) is 1.49. The van der Waals surface area contributed by atoms with E-state index in [1.54, 1.807) is 0 Å². The minimum absolute atomic E-state index is 0.417. The number of halogens is 8. The van der Waals surface area contributed by atoms with Crippen molar-refractivity contribution in [3.63, 3.8) is 0 Å². The van der Waals surface area contributed by atoms with Crippen LogP contribution >= 0.6 is 0 Å². The number of hydrogen-bond donors (Lipinski definition) is 1. The smallest absolute Gasteiger partial charge is 0.279 e. The van der Waals surface area contributed by atoms with E-state index in [0.29, 0.717) is 12.1 Å². The van der Waals surface area contributed by atoms with Gasteiger partial charge in [0, 0.05) is 0 Å². The zero-order valence-corrected chi connectivity index (χ0v) is 9.61. The number of rotatable bonds is 1. The van der Waals surface area contributed by atoms with Crippen LogP contribution in [-0.2, 0) is 10.1 Å². The van der Waals surface area contributed by atoms with Gasteiger partial charge in [-0.2, -0.15) is 21.6 Å². The maximum Gasteiger partial charge on any atom is 0.522 e. The van der Waals surface area contributed by atoms with E-state index < -0.39 is 44.1 Å². The summed E-state index contributed by atoms with van der Waals surface area (Å²) < 4.78 is 118. The lowest BCUT2D eigenvalue weighted by Gasteiger charge is -2.03. The Morgan fingerprint density at radius 3 is 1.70 bits per heavy atom. The fourth-order valence-electron chi connectivity index (χ4n) is 0.646. The lowest BCUT2D eigenvalue weighted by molar-refractivity contribution is -0.0510. The van der Waals surface area contributed by atoms with Crippen LogP contribution in [0.5, 0.6) is 0 Å². The highest BCUT2D eigenvalue weighted by molar-refractivity contribution is 7.86. The van der Waals surface area contributed by atoms with E-state index in [2.05, 4.69) is 0 Å². The Balaban J connectivity index is 0.000000396. The Morgan fingerprint density at radius 2 is 1.40 bits per heavy atom. The highest BCUT2D eigenvalue weighted by atomic mass is 32.2. The van der Waals surface area contributed by atoms with E-state index >= 15 is 0 Å². The van der Waals surface area contributed by atoms with Gasteiger partial charge in [-0.05, 0) is 17.5 Å². The van der Waals surface area contributed by atoms with Crippen molar-refractivity contribution in [3.05, 3.63) is 29.6 Å². The molecule has 0 amide bonds. The van der Waals surface area contributed by atoms with Gasteiger partial charge in [0.2, 0.25) is 0 Å². The Bertz CT molecular complexity index is 570. The van der Waals surface area contributed by atoms with Crippen LogP contribution in [0.1, 0.15) is 0 Å². The molecule has 0 unspecified atom stereocenters. The number of benzene rings is 1. The molecule has 0 heterocycles. The quantitative estimate of drug-likeness (QED) is 0.282. The highest BCUT2D eigenvalue weighted by Crippen LogP contribution is 2.23. The summed E-state index contributed by atoms with van der Waals surface area (Å²) in [5.74, 6) is -5.31. The molecule has 0 aliphatic carbocycles. The standard InChI is InChI=1S/C6H2F5N.CHF3O3S/c7-3-1-2-4(12(10)11)6(9)5(3)8;2-1(3,4)8(5,6)7/h1-2H;(H,5,6,7). The predicted octanol–water partition coefficient (Wildman–Crippen LogP) is 3.07. The van der Waals surface area contributed by atoms with Crippen molar-refractivity contribution < 1.29 is 48.3 Å². The topological polar surface area (TPSA) is 57.6 Å². The number of nitrogens with zero attached hydrogens (tertiary/aromatic N) is 1. The van der Waals surface area contributed by atoms with E-state index in [9.17, 15) is 35.3 Å². The minimum Gasteiger partial charge on any atom is -0.279 e. The van der Waals surface area contributed by atoms with Crippen molar-refractivity contribution in [1.82, 2.24) is 0 Å². The molecule has 20 heavy (non-hydrogen) atoms. The molecule has 0 aliphatic heterocycles. The first-order chi connectivity index (χ1) is 8.79. The van der Waals surface area contributed by atoms with Gasteiger partial charge in [0.25, 0.3) is 0 Å². The van der Waals surface area contributed by atoms with Gasteiger partial charge in [0.05, 0.1) is 0 Å². The third-order valence-corrected chi connectivity index (χ3v) is 2.07. The van der Waals surface area contributed by atoms with Crippen LogP contribution in [0, 0.1) is 17.5 Å². The van der Waals surface area contributed by atoms with Crippen molar-refractivity contribution in [2.45, 2.75) is 5.51 Å². The third kappa shape index (κ3) is 4.80. The second-order valence-corrected chi connectivity index (χ2v) is 4.26. The van der Waals surface area contributed by atoms with Gasteiger partial charge < -0.3 is 0 Å². The molecule has 13 heteroatoms. The molecule has 0 saturated heterocycles. The van der Waals surface area contributed by atoms with E-state index in [-0.39, 0.29) is 0 Å². The average molecular weight is 333 g/mol. The summed E-state index contributed by atoms with van der Waals surface area (Å²) in [5.41, 5.74) is -6.83. The highest BCUT2D eigenvalue weighted by Gasteiger charge is 2.44. The van der Waals surface area contributed by atoms with Gasteiger partial charge in [-0.25, -0.2) is 13.2 Å². The Morgan fingerprint density at radius 1 is 1.00 bits per heavy atom. The molecular formula is C7H3F8NO3S. The molecule has 0 bridgehead atoms. The van der Waals surface area contributed by atoms with Crippen LogP contribution in [0.2, 0.25) is 0 Å². The molecular weight excluding hydrogens is 330 g/mol. The minimum atomic E-state index is -5.84. The van der Waals surface area contributed by atoms with Gasteiger partial charge in [0.1, 0.15) is 5.69 Å². The molecule has 1 rings (SSSR count). The Labute approximate surface area is 105 Å². The first-order valence-electron chi connectivity index (χ1n) is 4.08. The SMILES string of the molecule is Fc1ccc(N(F)F)c(F)c1F.O=S(=O)(O)C(F)(F)F. The monoisotopic (exact) mass is 333 g/mol. The summed E-state index contributed by atoms with van der Waals surface area (Å²) >= 11 is 0. The fourth-order valence-corrected chi connectivity index (χ4v) is 0.646. The second kappa shape index (κ2) is 6.21. The summed E-state index contributed by atoms with van der Waals surface area (Å²) in [6.45, 7) is 0. The van der Waals surface area contributed by atoms with Crippen molar-refractivity contribution in [2.75, 3.05) is 5.34 Å². The number of anilines is 1. The van der Waals surface area contributed by atoms with Crippen LogP contribution < -0.4 is 5.34 Å². The molecule has 1 N–H and O–H groups in total. The molecule has 4 nitrogen and oxygen atoms in total. The summed E-state index contributed by atoms with van der Waals surface area (Å²) in [6, 6.07) is 0.855. The molecule has 0 fully saturated rings. The van der Waals surface area contributed by atoms with Crippen molar-refractivity contribution in [2.24, 2.45) is 0 Å². The summed E-state index contributed by atoms with van der Waals surface area (Å²) in [6.07, 6.45) is 0. The fraction of sp³-hybridized carbons (Fsp3) is 0.143. The van der Waals surface area contributed by atoms with E-state index in [0.717, 1.165) is 0 Å². The Kier molecular flexibility index (Phi) is 5.71. The molecule has 1 aromatic carbocycles. The van der Waals surface area contributed by atoms with Gasteiger partial charge in [-0.1, -0.05) is 8.96 Å². The molecule has 0 radical (unpaired) electrons. The molecule has 0 spiro atoms. The van der Waals surface area contributed by atoms with Crippen molar-refractivity contribution >= 4 is 15.8 Å². The zero-order chi connectivity index (χ0) is 16.3. The van der Waals surface area contributed by atoms with Crippen LogP contribution in [0.4, 0.5) is 41.0 Å². The molecule has 116 valence electrons. The first kappa shape index (κ1) is 18.4.